The quantitative estimate of drug-likeness (QED) is 0.879. The number of halogens is 3. The smallest absolute Gasteiger partial charge is 0.406 e. The highest BCUT2D eigenvalue weighted by molar-refractivity contribution is 5.92. The fourth-order valence-electron chi connectivity index (χ4n) is 2.25. The molecule has 2 aromatic rings. The van der Waals surface area contributed by atoms with Crippen molar-refractivity contribution in [3.63, 3.8) is 0 Å². The van der Waals surface area contributed by atoms with Crippen LogP contribution < -0.4 is 10.5 Å². The Kier molecular flexibility index (Phi) is 5.46. The van der Waals surface area contributed by atoms with Crippen molar-refractivity contribution in [1.82, 2.24) is 4.90 Å². The molecule has 0 aliphatic rings. The summed E-state index contributed by atoms with van der Waals surface area (Å²) >= 11 is 0. The van der Waals surface area contributed by atoms with E-state index in [4.69, 9.17) is 5.73 Å². The number of primary amides is 1. The molecule has 0 aliphatic heterocycles. The molecule has 7 heteroatoms. The second kappa shape index (κ2) is 7.35. The minimum Gasteiger partial charge on any atom is -0.406 e. The molecule has 2 aromatic carbocycles. The third-order valence-corrected chi connectivity index (χ3v) is 3.30. The number of nitrogens with two attached hydrogens (primary N) is 1. The van der Waals surface area contributed by atoms with Crippen molar-refractivity contribution < 1.29 is 22.7 Å². The average Bonchev–Trinajstić information content (AvgIpc) is 2.48. The summed E-state index contributed by atoms with van der Waals surface area (Å²) in [5, 5.41) is 0. The van der Waals surface area contributed by atoms with Gasteiger partial charge in [-0.3, -0.25) is 9.69 Å². The summed E-state index contributed by atoms with van der Waals surface area (Å²) in [6.07, 6.45) is -4.69. The van der Waals surface area contributed by atoms with Gasteiger partial charge in [0.1, 0.15) is 5.75 Å². The van der Waals surface area contributed by atoms with Gasteiger partial charge in [-0.25, -0.2) is 0 Å². The Morgan fingerprint density at radius 2 is 1.46 bits per heavy atom. The van der Waals surface area contributed by atoms with E-state index in [9.17, 15) is 18.0 Å². The molecule has 128 valence electrons. The van der Waals surface area contributed by atoms with Crippen molar-refractivity contribution in [2.24, 2.45) is 5.73 Å². The fourth-order valence-corrected chi connectivity index (χ4v) is 2.25. The molecule has 0 atom stereocenters. The molecule has 0 radical (unpaired) electrons. The molecular weight excluding hydrogens is 321 g/mol. The van der Waals surface area contributed by atoms with Crippen LogP contribution in [0.1, 0.15) is 21.5 Å². The Morgan fingerprint density at radius 1 is 1.00 bits per heavy atom. The first-order chi connectivity index (χ1) is 11.2. The highest BCUT2D eigenvalue weighted by Gasteiger charge is 2.30. The van der Waals surface area contributed by atoms with E-state index in [1.165, 1.54) is 12.1 Å². The maximum atomic E-state index is 12.1. The molecule has 0 bridgehead atoms. The lowest BCUT2D eigenvalue weighted by Crippen LogP contribution is -2.18. The van der Waals surface area contributed by atoms with E-state index >= 15 is 0 Å². The van der Waals surface area contributed by atoms with Gasteiger partial charge in [-0.15, -0.1) is 13.2 Å². The van der Waals surface area contributed by atoms with E-state index in [0.29, 0.717) is 18.7 Å². The molecule has 2 N–H and O–H groups in total. The number of carbonyl (C=O) groups is 1. The number of alkyl halides is 3. The number of hydrogen-bond acceptors (Lipinski definition) is 3. The van der Waals surface area contributed by atoms with Crippen LogP contribution in [0.15, 0.2) is 48.5 Å². The van der Waals surface area contributed by atoms with Gasteiger partial charge in [-0.05, 0) is 42.4 Å². The van der Waals surface area contributed by atoms with Crippen molar-refractivity contribution in [3.8, 4) is 5.75 Å². The third kappa shape index (κ3) is 5.58. The van der Waals surface area contributed by atoms with Gasteiger partial charge in [0.05, 0.1) is 0 Å². The Bertz CT molecular complexity index is 682. The summed E-state index contributed by atoms with van der Waals surface area (Å²) < 4.78 is 40.2. The van der Waals surface area contributed by atoms with E-state index in [1.54, 1.807) is 24.3 Å². The summed E-state index contributed by atoms with van der Waals surface area (Å²) in [5.74, 6) is -0.716. The predicted octanol–water partition coefficient (Wildman–Crippen LogP) is 3.32. The maximum Gasteiger partial charge on any atom is 0.573 e. The minimum atomic E-state index is -4.69. The third-order valence-electron chi connectivity index (χ3n) is 3.30. The molecule has 0 spiro atoms. The van der Waals surface area contributed by atoms with Gasteiger partial charge < -0.3 is 10.5 Å². The lowest BCUT2D eigenvalue weighted by Gasteiger charge is -2.17. The van der Waals surface area contributed by atoms with Gasteiger partial charge in [0.25, 0.3) is 0 Å². The summed E-state index contributed by atoms with van der Waals surface area (Å²) in [6, 6.07) is 12.7. The van der Waals surface area contributed by atoms with Crippen molar-refractivity contribution in [1.29, 1.82) is 0 Å². The van der Waals surface area contributed by atoms with Gasteiger partial charge in [-0.2, -0.15) is 0 Å². The monoisotopic (exact) mass is 338 g/mol. The number of carbonyl (C=O) groups excluding carboxylic acids is 1. The molecule has 0 unspecified atom stereocenters. The minimum absolute atomic E-state index is 0.240. The molecule has 0 fully saturated rings. The molecular formula is C17H17F3N2O2. The lowest BCUT2D eigenvalue weighted by molar-refractivity contribution is -0.274. The molecule has 1 amide bonds. The first-order valence-corrected chi connectivity index (χ1v) is 7.15. The number of hydrogen-bond donors (Lipinski definition) is 1. The van der Waals surface area contributed by atoms with Crippen molar-refractivity contribution in [2.75, 3.05) is 7.05 Å². The Balaban J connectivity index is 1.92. The number of nitrogens with zero attached hydrogens (tertiary/aromatic N) is 1. The summed E-state index contributed by atoms with van der Waals surface area (Å²) in [7, 11) is 1.89. The Morgan fingerprint density at radius 3 is 1.88 bits per heavy atom. The van der Waals surface area contributed by atoms with Crippen LogP contribution in [0, 0.1) is 0 Å². The topological polar surface area (TPSA) is 55.6 Å². The molecule has 0 saturated heterocycles. The molecule has 0 saturated carbocycles. The van der Waals surface area contributed by atoms with Crippen LogP contribution in [0.4, 0.5) is 13.2 Å². The van der Waals surface area contributed by atoms with Crippen molar-refractivity contribution in [3.05, 3.63) is 65.2 Å². The fraction of sp³-hybridized carbons (Fsp3) is 0.235. The summed E-state index contributed by atoms with van der Waals surface area (Å²) in [6.45, 7) is 1.18. The van der Waals surface area contributed by atoms with E-state index in [0.717, 1.165) is 11.1 Å². The molecule has 0 heterocycles. The van der Waals surface area contributed by atoms with Gasteiger partial charge in [-0.1, -0.05) is 24.3 Å². The standard InChI is InChI=1S/C17H17F3N2O2/c1-22(10-12-2-6-14(7-3-12)16(21)23)11-13-4-8-15(9-5-13)24-17(18,19)20/h2-9H,10-11H2,1H3,(H2,21,23). The molecule has 4 nitrogen and oxygen atoms in total. The lowest BCUT2D eigenvalue weighted by atomic mass is 10.1. The van der Waals surface area contributed by atoms with Gasteiger partial charge in [0.2, 0.25) is 5.91 Å². The van der Waals surface area contributed by atoms with Crippen LogP contribution in [-0.4, -0.2) is 24.2 Å². The highest BCUT2D eigenvalue weighted by atomic mass is 19.4. The van der Waals surface area contributed by atoms with Crippen LogP contribution >= 0.6 is 0 Å². The molecule has 2 rings (SSSR count). The van der Waals surface area contributed by atoms with Crippen LogP contribution in [-0.2, 0) is 13.1 Å². The van der Waals surface area contributed by atoms with E-state index < -0.39 is 12.3 Å². The van der Waals surface area contributed by atoms with E-state index in [2.05, 4.69) is 4.74 Å². The number of rotatable bonds is 6. The summed E-state index contributed by atoms with van der Waals surface area (Å²) in [5.41, 5.74) is 7.50. The number of amides is 1. The van der Waals surface area contributed by atoms with Crippen LogP contribution in [0.3, 0.4) is 0 Å². The Labute approximate surface area is 137 Å². The van der Waals surface area contributed by atoms with E-state index in [-0.39, 0.29) is 5.75 Å². The van der Waals surface area contributed by atoms with Gasteiger partial charge in [0.15, 0.2) is 0 Å². The Hall–Kier alpha value is -2.54. The van der Waals surface area contributed by atoms with Crippen LogP contribution in [0.5, 0.6) is 5.75 Å². The normalized spacial score (nSPS) is 11.5. The van der Waals surface area contributed by atoms with Gasteiger partial charge >= 0.3 is 6.36 Å². The zero-order valence-corrected chi connectivity index (χ0v) is 13.0. The molecule has 24 heavy (non-hydrogen) atoms. The van der Waals surface area contributed by atoms with Crippen molar-refractivity contribution in [2.45, 2.75) is 19.5 Å². The zero-order valence-electron chi connectivity index (χ0n) is 13.0. The molecule has 0 aromatic heterocycles. The van der Waals surface area contributed by atoms with Crippen LogP contribution in [0.25, 0.3) is 0 Å². The second-order valence-corrected chi connectivity index (χ2v) is 5.43. The first kappa shape index (κ1) is 17.8. The summed E-state index contributed by atoms with van der Waals surface area (Å²) in [4.78, 5) is 13.0. The maximum absolute atomic E-state index is 12.1. The number of benzene rings is 2. The zero-order chi connectivity index (χ0) is 17.7. The second-order valence-electron chi connectivity index (χ2n) is 5.43. The SMILES string of the molecule is CN(Cc1ccc(OC(F)(F)F)cc1)Cc1ccc(C(N)=O)cc1. The predicted molar refractivity (Wildman–Crippen MR) is 83.3 cm³/mol. The average molecular weight is 338 g/mol. The number of ether oxygens (including phenoxy) is 1. The largest absolute Gasteiger partial charge is 0.573 e. The van der Waals surface area contributed by atoms with Crippen molar-refractivity contribution >= 4 is 5.91 Å². The van der Waals surface area contributed by atoms with Crippen LogP contribution in [0.2, 0.25) is 0 Å². The first-order valence-electron chi connectivity index (χ1n) is 7.15. The van der Waals surface area contributed by atoms with Gasteiger partial charge in [0, 0.05) is 18.7 Å². The molecule has 0 aliphatic carbocycles. The highest BCUT2D eigenvalue weighted by Crippen LogP contribution is 2.23. The van der Waals surface area contributed by atoms with E-state index in [1.807, 2.05) is 24.1 Å².